The average Bonchev–Trinajstić information content (AvgIpc) is 2.54. The van der Waals surface area contributed by atoms with Gasteiger partial charge in [0.2, 0.25) is 0 Å². The maximum atomic E-state index is 12.6. The van der Waals surface area contributed by atoms with Gasteiger partial charge in [-0.05, 0) is 29.7 Å². The molecule has 0 saturated heterocycles. The minimum absolute atomic E-state index is 0.00757. The number of halogens is 2. The average molecular weight is 402 g/mol. The molecule has 25 heavy (non-hydrogen) atoms. The zero-order valence-corrected chi connectivity index (χ0v) is 16.2. The molecule has 0 aliphatic rings. The van der Waals surface area contributed by atoms with E-state index in [-0.39, 0.29) is 33.1 Å². The second kappa shape index (κ2) is 7.41. The quantitative estimate of drug-likeness (QED) is 0.549. The van der Waals surface area contributed by atoms with Crippen LogP contribution in [0.1, 0.15) is 36.7 Å². The normalized spacial score (nSPS) is 12.2. The number of aromatic nitrogens is 1. The highest BCUT2D eigenvalue weighted by molar-refractivity contribution is 7.86. The zero-order chi connectivity index (χ0) is 18.8. The van der Waals surface area contributed by atoms with Gasteiger partial charge >= 0.3 is 0 Å². The van der Waals surface area contributed by atoms with Gasteiger partial charge in [0.1, 0.15) is 4.90 Å². The molecule has 0 aliphatic carbocycles. The van der Waals surface area contributed by atoms with Crippen LogP contribution in [0.3, 0.4) is 0 Å². The third-order valence-electron chi connectivity index (χ3n) is 3.08. The minimum atomic E-state index is -4.02. The van der Waals surface area contributed by atoms with Crippen molar-refractivity contribution in [3.8, 4) is 0 Å². The highest BCUT2D eigenvalue weighted by atomic mass is 35.5. The van der Waals surface area contributed by atoms with E-state index < -0.39 is 15.9 Å². The molecular weight excluding hydrogens is 385 g/mol. The van der Waals surface area contributed by atoms with Crippen molar-refractivity contribution in [1.82, 2.24) is 4.98 Å². The Balaban J connectivity index is 2.35. The molecule has 0 spiro atoms. The number of benzene rings is 1. The fourth-order valence-electron chi connectivity index (χ4n) is 1.83. The van der Waals surface area contributed by atoms with Gasteiger partial charge in [-0.15, -0.1) is 0 Å². The Morgan fingerprint density at radius 2 is 1.84 bits per heavy atom. The third kappa shape index (κ3) is 5.25. The molecule has 0 amide bonds. The van der Waals surface area contributed by atoms with E-state index >= 15 is 0 Å². The van der Waals surface area contributed by atoms with Crippen LogP contribution in [-0.4, -0.2) is 25.8 Å². The largest absolute Gasteiger partial charge is 0.298 e. The predicted octanol–water partition coefficient (Wildman–Crippen LogP) is 4.37. The Kier molecular flexibility index (Phi) is 5.89. The van der Waals surface area contributed by atoms with Crippen LogP contribution in [0.15, 0.2) is 41.6 Å². The standard InChI is InChI=1S/C17H17Cl2NO4S/c1-17(2,3)10-24-25(22,23)13-6-11(8-20-9-13)16(21)14-7-12(18)4-5-15(14)19/h4-9H,10H2,1-3H3. The molecule has 0 atom stereocenters. The lowest BCUT2D eigenvalue weighted by Gasteiger charge is -2.17. The lowest BCUT2D eigenvalue weighted by Crippen LogP contribution is -2.19. The van der Waals surface area contributed by atoms with E-state index in [9.17, 15) is 13.2 Å². The lowest BCUT2D eigenvalue weighted by molar-refractivity contribution is 0.103. The Morgan fingerprint density at radius 1 is 1.16 bits per heavy atom. The van der Waals surface area contributed by atoms with E-state index in [2.05, 4.69) is 4.98 Å². The Labute approximate surface area is 157 Å². The van der Waals surface area contributed by atoms with E-state index in [1.165, 1.54) is 24.4 Å². The van der Waals surface area contributed by atoms with Crippen molar-refractivity contribution in [1.29, 1.82) is 0 Å². The molecule has 1 aromatic carbocycles. The molecule has 0 unspecified atom stereocenters. The zero-order valence-electron chi connectivity index (χ0n) is 13.9. The number of pyridine rings is 1. The van der Waals surface area contributed by atoms with Crippen molar-refractivity contribution < 1.29 is 17.4 Å². The van der Waals surface area contributed by atoms with Crippen molar-refractivity contribution in [3.05, 3.63) is 57.8 Å². The predicted molar refractivity (Wildman–Crippen MR) is 96.7 cm³/mol. The van der Waals surface area contributed by atoms with Gasteiger partial charge < -0.3 is 0 Å². The molecule has 5 nitrogen and oxygen atoms in total. The molecule has 0 aliphatic heterocycles. The molecule has 0 radical (unpaired) electrons. The van der Waals surface area contributed by atoms with Gasteiger partial charge in [-0.25, -0.2) is 0 Å². The van der Waals surface area contributed by atoms with E-state index in [4.69, 9.17) is 27.4 Å². The highest BCUT2D eigenvalue weighted by Gasteiger charge is 2.22. The smallest absolute Gasteiger partial charge is 0.288 e. The summed E-state index contributed by atoms with van der Waals surface area (Å²) in [7, 11) is -4.02. The number of hydrogen-bond donors (Lipinski definition) is 0. The number of carbonyl (C=O) groups is 1. The Morgan fingerprint density at radius 3 is 2.48 bits per heavy atom. The van der Waals surface area contributed by atoms with E-state index in [1.54, 1.807) is 6.07 Å². The van der Waals surface area contributed by atoms with E-state index in [0.29, 0.717) is 5.02 Å². The Bertz CT molecular complexity index is 905. The van der Waals surface area contributed by atoms with Crippen molar-refractivity contribution in [3.63, 3.8) is 0 Å². The number of nitrogens with zero attached hydrogens (tertiary/aromatic N) is 1. The maximum absolute atomic E-state index is 12.6. The summed E-state index contributed by atoms with van der Waals surface area (Å²) < 4.78 is 29.6. The summed E-state index contributed by atoms with van der Waals surface area (Å²) in [6, 6.07) is 5.69. The summed E-state index contributed by atoms with van der Waals surface area (Å²) in [5.41, 5.74) is -0.0897. The fourth-order valence-corrected chi connectivity index (χ4v) is 3.31. The van der Waals surface area contributed by atoms with Gasteiger partial charge in [-0.2, -0.15) is 8.42 Å². The number of ketones is 1. The first-order valence-corrected chi connectivity index (χ1v) is 9.50. The molecular formula is C17H17Cl2NO4S. The molecule has 0 fully saturated rings. The van der Waals surface area contributed by atoms with Crippen LogP contribution in [0.2, 0.25) is 10.0 Å². The Hall–Kier alpha value is -1.47. The molecule has 0 N–H and O–H groups in total. The van der Waals surface area contributed by atoms with Crippen molar-refractivity contribution in [2.45, 2.75) is 25.7 Å². The number of rotatable bonds is 5. The van der Waals surface area contributed by atoms with Crippen molar-refractivity contribution in [2.75, 3.05) is 6.61 Å². The third-order valence-corrected chi connectivity index (χ3v) is 4.88. The monoisotopic (exact) mass is 401 g/mol. The van der Waals surface area contributed by atoms with Crippen LogP contribution >= 0.6 is 23.2 Å². The van der Waals surface area contributed by atoms with Gasteiger partial charge in [0.15, 0.2) is 5.78 Å². The molecule has 1 aromatic heterocycles. The molecule has 134 valence electrons. The molecule has 2 aromatic rings. The molecule has 8 heteroatoms. The van der Waals surface area contributed by atoms with E-state index in [0.717, 1.165) is 6.20 Å². The van der Waals surface area contributed by atoms with Crippen LogP contribution in [0.5, 0.6) is 0 Å². The van der Waals surface area contributed by atoms with Gasteiger partial charge in [0, 0.05) is 28.5 Å². The lowest BCUT2D eigenvalue weighted by atomic mass is 9.99. The van der Waals surface area contributed by atoms with Crippen molar-refractivity contribution in [2.24, 2.45) is 5.41 Å². The first-order chi connectivity index (χ1) is 11.5. The van der Waals surface area contributed by atoms with Crippen LogP contribution in [0, 0.1) is 5.41 Å². The molecule has 0 bridgehead atoms. The van der Waals surface area contributed by atoms with E-state index in [1.807, 2.05) is 20.8 Å². The summed E-state index contributed by atoms with van der Waals surface area (Å²) in [5.74, 6) is -0.479. The van der Waals surface area contributed by atoms with Crippen LogP contribution in [0.4, 0.5) is 0 Å². The molecule has 1 heterocycles. The summed E-state index contributed by atoms with van der Waals surface area (Å²) in [5, 5.41) is 0.560. The van der Waals surface area contributed by atoms with Crippen LogP contribution in [-0.2, 0) is 14.3 Å². The van der Waals surface area contributed by atoms with Crippen LogP contribution < -0.4 is 0 Å². The SMILES string of the molecule is CC(C)(C)COS(=O)(=O)c1cncc(C(=O)c2cc(Cl)ccc2Cl)c1. The van der Waals surface area contributed by atoms with Gasteiger partial charge in [-0.3, -0.25) is 14.0 Å². The maximum Gasteiger partial charge on any atom is 0.298 e. The minimum Gasteiger partial charge on any atom is -0.288 e. The summed E-state index contributed by atoms with van der Waals surface area (Å²) in [4.78, 5) is 16.2. The molecule has 2 rings (SSSR count). The summed E-state index contributed by atoms with van der Waals surface area (Å²) in [6.45, 7) is 5.55. The number of hydrogen-bond acceptors (Lipinski definition) is 5. The van der Waals surface area contributed by atoms with Gasteiger partial charge in [-0.1, -0.05) is 44.0 Å². The number of carbonyl (C=O) groups excluding carboxylic acids is 1. The second-order valence-corrected chi connectivity index (χ2v) is 9.10. The highest BCUT2D eigenvalue weighted by Crippen LogP contribution is 2.25. The molecule has 0 saturated carbocycles. The first-order valence-electron chi connectivity index (χ1n) is 7.34. The van der Waals surface area contributed by atoms with Gasteiger partial charge in [0.05, 0.1) is 11.6 Å². The van der Waals surface area contributed by atoms with Gasteiger partial charge in [0.25, 0.3) is 10.1 Å². The second-order valence-electron chi connectivity index (χ2n) is 6.64. The van der Waals surface area contributed by atoms with Crippen LogP contribution in [0.25, 0.3) is 0 Å². The van der Waals surface area contributed by atoms with Crippen molar-refractivity contribution >= 4 is 39.1 Å². The first kappa shape index (κ1) is 19.8. The fraction of sp³-hybridized carbons (Fsp3) is 0.294. The summed E-state index contributed by atoms with van der Waals surface area (Å²) in [6.07, 6.45) is 2.40. The summed E-state index contributed by atoms with van der Waals surface area (Å²) >= 11 is 11.9. The topological polar surface area (TPSA) is 73.3 Å².